The topological polar surface area (TPSA) is 66.4 Å². The summed E-state index contributed by atoms with van der Waals surface area (Å²) in [6, 6.07) is 0. The van der Waals surface area contributed by atoms with E-state index in [1.54, 1.807) is 0 Å². The van der Waals surface area contributed by atoms with Gasteiger partial charge in [0.1, 0.15) is 0 Å². The van der Waals surface area contributed by atoms with Gasteiger partial charge in [0.15, 0.2) is 5.12 Å². The van der Waals surface area contributed by atoms with Crippen molar-refractivity contribution in [3.05, 3.63) is 0 Å². The normalized spacial score (nSPS) is 12.2. The average Bonchev–Trinajstić information content (AvgIpc) is 2.24. The fourth-order valence-electron chi connectivity index (χ4n) is 1.38. The van der Waals surface area contributed by atoms with Gasteiger partial charge in [0.25, 0.3) is 0 Å². The summed E-state index contributed by atoms with van der Waals surface area (Å²) in [6.07, 6.45) is 3.59. The Kier molecular flexibility index (Phi) is 10.3. The van der Waals surface area contributed by atoms with Gasteiger partial charge in [0.05, 0.1) is 6.10 Å². The van der Waals surface area contributed by atoms with E-state index in [0.717, 1.165) is 19.3 Å². The summed E-state index contributed by atoms with van der Waals surface area (Å²) in [6.45, 7) is 4.05. The van der Waals surface area contributed by atoms with Gasteiger partial charge in [-0.3, -0.25) is 9.59 Å². The zero-order valence-corrected chi connectivity index (χ0v) is 11.5. The predicted molar refractivity (Wildman–Crippen MR) is 70.9 cm³/mol. The molecule has 0 aromatic rings. The Morgan fingerprint density at radius 2 is 2.06 bits per heavy atom. The van der Waals surface area contributed by atoms with E-state index in [9.17, 15) is 14.7 Å². The summed E-state index contributed by atoms with van der Waals surface area (Å²) in [4.78, 5) is 22.0. The van der Waals surface area contributed by atoms with Crippen LogP contribution in [0.1, 0.15) is 46.0 Å². The third-order valence-corrected chi connectivity index (χ3v) is 3.18. The quantitative estimate of drug-likeness (QED) is 0.620. The number of thioether (sulfide) groups is 1. The van der Waals surface area contributed by atoms with Gasteiger partial charge in [-0.1, -0.05) is 37.9 Å². The molecule has 2 N–H and O–H groups in total. The first-order valence-corrected chi connectivity index (χ1v) is 7.13. The molecule has 0 unspecified atom stereocenters. The molecular formula is C12H23NO3S. The van der Waals surface area contributed by atoms with Crippen molar-refractivity contribution in [1.82, 2.24) is 5.32 Å². The van der Waals surface area contributed by atoms with Gasteiger partial charge in [0, 0.05) is 25.6 Å². The third-order valence-electron chi connectivity index (χ3n) is 2.28. The van der Waals surface area contributed by atoms with E-state index >= 15 is 0 Å². The Morgan fingerprint density at radius 3 is 2.65 bits per heavy atom. The van der Waals surface area contributed by atoms with Crippen LogP contribution in [0.2, 0.25) is 0 Å². The highest BCUT2D eigenvalue weighted by molar-refractivity contribution is 8.13. The second-order valence-electron chi connectivity index (χ2n) is 4.06. The molecule has 0 aliphatic heterocycles. The molecule has 100 valence electrons. The summed E-state index contributed by atoms with van der Waals surface area (Å²) in [7, 11) is 0. The van der Waals surface area contributed by atoms with Gasteiger partial charge in [0.2, 0.25) is 5.91 Å². The number of unbranched alkanes of at least 4 members (excludes halogenated alkanes) is 2. The molecule has 0 heterocycles. The van der Waals surface area contributed by atoms with Crippen molar-refractivity contribution in [2.24, 2.45) is 0 Å². The molecule has 0 saturated carbocycles. The van der Waals surface area contributed by atoms with Crippen molar-refractivity contribution in [2.75, 3.05) is 12.3 Å². The molecule has 17 heavy (non-hydrogen) atoms. The number of nitrogens with one attached hydrogen (secondary N) is 1. The van der Waals surface area contributed by atoms with E-state index in [4.69, 9.17) is 0 Å². The van der Waals surface area contributed by atoms with Crippen molar-refractivity contribution in [2.45, 2.75) is 52.1 Å². The summed E-state index contributed by atoms with van der Waals surface area (Å²) in [5, 5.41) is 12.2. The molecule has 0 bridgehead atoms. The number of carbonyl (C=O) groups is 2. The molecule has 1 atom stereocenters. The second kappa shape index (κ2) is 10.6. The van der Waals surface area contributed by atoms with Crippen molar-refractivity contribution >= 4 is 22.8 Å². The van der Waals surface area contributed by atoms with E-state index in [2.05, 4.69) is 12.2 Å². The number of carbonyl (C=O) groups excluding carboxylic acids is 2. The maximum atomic E-state index is 11.4. The molecule has 0 rings (SSSR count). The predicted octanol–water partition coefficient (Wildman–Crippen LogP) is 1.71. The van der Waals surface area contributed by atoms with E-state index in [0.29, 0.717) is 18.7 Å². The highest BCUT2D eigenvalue weighted by Crippen LogP contribution is 2.11. The lowest BCUT2D eigenvalue weighted by atomic mass is 10.1. The fraction of sp³-hybridized carbons (Fsp3) is 0.833. The molecule has 0 aromatic heterocycles. The summed E-state index contributed by atoms with van der Waals surface area (Å²) in [5.74, 6) is 0.484. The SMILES string of the molecule is CCCCC[C@H](O)CC(=O)SCCNC(C)=O. The summed E-state index contributed by atoms with van der Waals surface area (Å²) in [5.41, 5.74) is 0. The maximum Gasteiger partial charge on any atom is 0.216 e. The van der Waals surface area contributed by atoms with E-state index < -0.39 is 6.10 Å². The van der Waals surface area contributed by atoms with Crippen LogP contribution in [0.25, 0.3) is 0 Å². The number of rotatable bonds is 9. The van der Waals surface area contributed by atoms with Crippen molar-refractivity contribution in [3.63, 3.8) is 0 Å². The molecule has 0 aromatic carbocycles. The van der Waals surface area contributed by atoms with Crippen LogP contribution in [-0.4, -0.2) is 34.5 Å². The molecule has 0 aliphatic rings. The number of aliphatic hydroxyl groups is 1. The number of aliphatic hydroxyl groups excluding tert-OH is 1. The summed E-state index contributed by atoms with van der Waals surface area (Å²) >= 11 is 1.17. The van der Waals surface area contributed by atoms with Crippen LogP contribution in [0, 0.1) is 0 Å². The van der Waals surface area contributed by atoms with Crippen LogP contribution >= 0.6 is 11.8 Å². The monoisotopic (exact) mass is 261 g/mol. The highest BCUT2D eigenvalue weighted by Gasteiger charge is 2.10. The van der Waals surface area contributed by atoms with Gasteiger partial charge in [-0.15, -0.1) is 0 Å². The van der Waals surface area contributed by atoms with E-state index in [-0.39, 0.29) is 17.4 Å². The van der Waals surface area contributed by atoms with Crippen molar-refractivity contribution < 1.29 is 14.7 Å². The van der Waals surface area contributed by atoms with Crippen molar-refractivity contribution in [3.8, 4) is 0 Å². The third kappa shape index (κ3) is 11.7. The lowest BCUT2D eigenvalue weighted by Crippen LogP contribution is -2.23. The molecule has 5 heteroatoms. The number of hydrogen-bond donors (Lipinski definition) is 2. The van der Waals surface area contributed by atoms with E-state index in [1.807, 2.05) is 0 Å². The average molecular weight is 261 g/mol. The first kappa shape index (κ1) is 16.4. The zero-order chi connectivity index (χ0) is 13.1. The Balaban J connectivity index is 3.47. The minimum atomic E-state index is -0.512. The maximum absolute atomic E-state index is 11.4. The van der Waals surface area contributed by atoms with Gasteiger partial charge in [-0.05, 0) is 6.42 Å². The molecule has 4 nitrogen and oxygen atoms in total. The van der Waals surface area contributed by atoms with Crippen LogP contribution in [-0.2, 0) is 9.59 Å². The van der Waals surface area contributed by atoms with Gasteiger partial charge < -0.3 is 10.4 Å². The standard InChI is InChI=1S/C12H23NO3S/c1-3-4-5-6-11(15)9-12(16)17-8-7-13-10(2)14/h11,15H,3-9H2,1-2H3,(H,13,14)/t11-/m0/s1. The molecular weight excluding hydrogens is 238 g/mol. The van der Waals surface area contributed by atoms with Crippen LogP contribution in [0.3, 0.4) is 0 Å². The molecule has 0 radical (unpaired) electrons. The number of amides is 1. The van der Waals surface area contributed by atoms with Crippen LogP contribution in [0.4, 0.5) is 0 Å². The molecule has 1 amide bonds. The zero-order valence-electron chi connectivity index (χ0n) is 10.7. The van der Waals surface area contributed by atoms with Crippen LogP contribution in [0.5, 0.6) is 0 Å². The fourth-order valence-corrected chi connectivity index (χ4v) is 2.12. The van der Waals surface area contributed by atoms with Crippen LogP contribution < -0.4 is 5.32 Å². The minimum absolute atomic E-state index is 0.000601. The molecule has 0 spiro atoms. The summed E-state index contributed by atoms with van der Waals surface area (Å²) < 4.78 is 0. The Hall–Kier alpha value is -0.550. The van der Waals surface area contributed by atoms with E-state index in [1.165, 1.54) is 18.7 Å². The van der Waals surface area contributed by atoms with Crippen molar-refractivity contribution in [1.29, 1.82) is 0 Å². The highest BCUT2D eigenvalue weighted by atomic mass is 32.2. The lowest BCUT2D eigenvalue weighted by molar-refractivity contribution is -0.119. The lowest BCUT2D eigenvalue weighted by Gasteiger charge is -2.08. The first-order valence-electron chi connectivity index (χ1n) is 6.14. The van der Waals surface area contributed by atoms with Gasteiger partial charge >= 0.3 is 0 Å². The number of hydrogen-bond acceptors (Lipinski definition) is 4. The molecule has 0 fully saturated rings. The molecule has 0 saturated heterocycles. The van der Waals surface area contributed by atoms with Gasteiger partial charge in [-0.2, -0.15) is 0 Å². The van der Waals surface area contributed by atoms with Crippen LogP contribution in [0.15, 0.2) is 0 Å². The first-order chi connectivity index (χ1) is 8.06. The Labute approximate surface area is 108 Å². The minimum Gasteiger partial charge on any atom is -0.393 e. The second-order valence-corrected chi connectivity index (χ2v) is 5.21. The Bertz CT molecular complexity index is 234. The molecule has 0 aliphatic carbocycles. The smallest absolute Gasteiger partial charge is 0.216 e. The van der Waals surface area contributed by atoms with Gasteiger partial charge in [-0.25, -0.2) is 0 Å². The largest absolute Gasteiger partial charge is 0.393 e. The Morgan fingerprint density at radius 1 is 1.35 bits per heavy atom.